The van der Waals surface area contributed by atoms with Crippen LogP contribution in [0.3, 0.4) is 0 Å². The number of aliphatic hydroxyl groups is 1. The monoisotopic (exact) mass is 523 g/mol. The molecule has 5 N–H and O–H groups in total. The summed E-state index contributed by atoms with van der Waals surface area (Å²) in [5, 5.41) is 16.3. The number of aliphatic hydroxyl groups excluding tert-OH is 1. The van der Waals surface area contributed by atoms with Crippen LogP contribution < -0.4 is 21.1 Å². The number of hydrogen-bond donors (Lipinski definition) is 4. The Bertz CT molecular complexity index is 811. The van der Waals surface area contributed by atoms with E-state index in [2.05, 4.69) is 24.5 Å². The Balaban J connectivity index is 2.64. The van der Waals surface area contributed by atoms with Gasteiger partial charge in [0.05, 0.1) is 18.3 Å². The molecule has 1 rings (SSSR count). The molecule has 0 spiro atoms. The number of hydrogen-bond acceptors (Lipinski definition) is 7. The van der Waals surface area contributed by atoms with Crippen molar-refractivity contribution in [3.05, 3.63) is 29.8 Å². The summed E-state index contributed by atoms with van der Waals surface area (Å²) in [7, 11) is 3.16. The van der Waals surface area contributed by atoms with Crippen molar-refractivity contribution in [2.75, 3.05) is 40.5 Å². The summed E-state index contributed by atoms with van der Waals surface area (Å²) in [6, 6.07) is 6.62. The molecule has 0 saturated carbocycles. The SMILES string of the molecule is COCCCCOc1ccccc1C(=O)NCC(CC(N)C(O)CNC(=O)C(OC)C(C)(C)C)C(C)C. The number of ether oxygens (including phenoxy) is 3. The highest BCUT2D eigenvalue weighted by atomic mass is 16.5. The zero-order chi connectivity index (χ0) is 28.0. The van der Waals surface area contributed by atoms with Crippen LogP contribution in [-0.2, 0) is 14.3 Å². The largest absolute Gasteiger partial charge is 0.493 e. The van der Waals surface area contributed by atoms with E-state index in [1.165, 1.54) is 7.11 Å². The maximum Gasteiger partial charge on any atom is 0.255 e. The lowest BCUT2D eigenvalue weighted by Gasteiger charge is -2.30. The predicted octanol–water partition coefficient (Wildman–Crippen LogP) is 2.75. The molecule has 0 aliphatic carbocycles. The lowest BCUT2D eigenvalue weighted by Crippen LogP contribution is -2.50. The zero-order valence-electron chi connectivity index (χ0n) is 23.7. The Kier molecular flexibility index (Phi) is 14.7. The minimum absolute atomic E-state index is 0.0300. The fourth-order valence-electron chi connectivity index (χ4n) is 4.03. The first-order chi connectivity index (χ1) is 17.4. The van der Waals surface area contributed by atoms with Crippen molar-refractivity contribution in [3.63, 3.8) is 0 Å². The molecule has 0 bridgehead atoms. The van der Waals surface area contributed by atoms with E-state index in [1.54, 1.807) is 25.3 Å². The van der Waals surface area contributed by atoms with Gasteiger partial charge in [-0.3, -0.25) is 9.59 Å². The number of benzene rings is 1. The van der Waals surface area contributed by atoms with Crippen molar-refractivity contribution in [2.24, 2.45) is 23.0 Å². The number of para-hydroxylation sites is 1. The summed E-state index contributed by atoms with van der Waals surface area (Å²) in [6.07, 6.45) is 0.652. The predicted molar refractivity (Wildman–Crippen MR) is 146 cm³/mol. The van der Waals surface area contributed by atoms with Gasteiger partial charge in [0, 0.05) is 40.0 Å². The van der Waals surface area contributed by atoms with Crippen molar-refractivity contribution in [3.8, 4) is 5.75 Å². The van der Waals surface area contributed by atoms with Crippen molar-refractivity contribution < 1.29 is 28.9 Å². The number of amides is 2. The van der Waals surface area contributed by atoms with E-state index in [1.807, 2.05) is 26.8 Å². The standard InChI is InChI=1S/C28H49N3O6/c1-19(2)20(16-22(29)23(32)18-31-27(34)25(36-7)28(3,4)5)17-30-26(33)21-12-8-9-13-24(21)37-15-11-10-14-35-6/h8-9,12-13,19-20,22-23,25,32H,10-11,14-18,29H2,1-7H3,(H,30,33)(H,31,34). The van der Waals surface area contributed by atoms with Gasteiger partial charge in [-0.2, -0.15) is 0 Å². The van der Waals surface area contributed by atoms with E-state index in [0.29, 0.717) is 37.5 Å². The summed E-state index contributed by atoms with van der Waals surface area (Å²) in [4.78, 5) is 25.4. The Morgan fingerprint density at radius 3 is 2.27 bits per heavy atom. The second-order valence-electron chi connectivity index (χ2n) is 11.0. The number of nitrogens with two attached hydrogens (primary N) is 1. The third kappa shape index (κ3) is 11.8. The third-order valence-corrected chi connectivity index (χ3v) is 6.41. The topological polar surface area (TPSA) is 132 Å². The van der Waals surface area contributed by atoms with Gasteiger partial charge in [-0.05, 0) is 48.6 Å². The highest BCUT2D eigenvalue weighted by Crippen LogP contribution is 2.22. The number of rotatable bonds is 17. The average molecular weight is 524 g/mol. The van der Waals surface area contributed by atoms with Crippen LogP contribution in [0.15, 0.2) is 24.3 Å². The molecule has 4 unspecified atom stereocenters. The number of carbonyl (C=O) groups is 2. The van der Waals surface area contributed by atoms with Crippen molar-refractivity contribution in [1.82, 2.24) is 10.6 Å². The summed E-state index contributed by atoms with van der Waals surface area (Å²) >= 11 is 0. The number of carbonyl (C=O) groups excluding carboxylic acids is 2. The van der Waals surface area contributed by atoms with E-state index in [0.717, 1.165) is 12.8 Å². The molecule has 1 aromatic carbocycles. The quantitative estimate of drug-likeness (QED) is 0.231. The van der Waals surface area contributed by atoms with Crippen LogP contribution in [0.1, 0.15) is 64.2 Å². The van der Waals surface area contributed by atoms with Crippen molar-refractivity contribution in [2.45, 2.75) is 72.1 Å². The molecule has 1 aromatic rings. The lowest BCUT2D eigenvalue weighted by molar-refractivity contribution is -0.137. The molecule has 0 fully saturated rings. The molecule has 0 aromatic heterocycles. The van der Waals surface area contributed by atoms with E-state index >= 15 is 0 Å². The highest BCUT2D eigenvalue weighted by Gasteiger charge is 2.32. The van der Waals surface area contributed by atoms with Crippen molar-refractivity contribution in [1.29, 1.82) is 0 Å². The first kappa shape index (κ1) is 32.8. The van der Waals surface area contributed by atoms with Crippen LogP contribution in [-0.4, -0.2) is 75.7 Å². The van der Waals surface area contributed by atoms with Crippen LogP contribution in [0.2, 0.25) is 0 Å². The molecule has 0 aliphatic heterocycles. The van der Waals surface area contributed by atoms with Gasteiger partial charge >= 0.3 is 0 Å². The molecule has 9 nitrogen and oxygen atoms in total. The molecule has 37 heavy (non-hydrogen) atoms. The van der Waals surface area contributed by atoms with Gasteiger partial charge in [0.25, 0.3) is 5.91 Å². The molecule has 2 amide bonds. The molecule has 9 heteroatoms. The molecule has 0 saturated heterocycles. The van der Waals surface area contributed by atoms with Gasteiger partial charge in [-0.15, -0.1) is 0 Å². The lowest BCUT2D eigenvalue weighted by atomic mass is 9.87. The molecule has 0 radical (unpaired) electrons. The Morgan fingerprint density at radius 2 is 1.68 bits per heavy atom. The number of nitrogens with one attached hydrogen (secondary N) is 2. The summed E-state index contributed by atoms with van der Waals surface area (Å²) < 4.78 is 16.2. The maximum atomic E-state index is 12.9. The van der Waals surface area contributed by atoms with Crippen LogP contribution in [0.25, 0.3) is 0 Å². The van der Waals surface area contributed by atoms with E-state index in [9.17, 15) is 14.7 Å². The Morgan fingerprint density at radius 1 is 1.03 bits per heavy atom. The zero-order valence-corrected chi connectivity index (χ0v) is 23.7. The first-order valence-corrected chi connectivity index (χ1v) is 13.1. The molecule has 0 heterocycles. The van der Waals surface area contributed by atoms with Crippen LogP contribution in [0, 0.1) is 17.3 Å². The molecular formula is C28H49N3O6. The minimum atomic E-state index is -0.925. The first-order valence-electron chi connectivity index (χ1n) is 13.1. The van der Waals surface area contributed by atoms with Crippen LogP contribution >= 0.6 is 0 Å². The minimum Gasteiger partial charge on any atom is -0.493 e. The maximum absolute atomic E-state index is 12.9. The van der Waals surface area contributed by atoms with Crippen LogP contribution in [0.4, 0.5) is 0 Å². The van der Waals surface area contributed by atoms with E-state index < -0.39 is 18.2 Å². The second kappa shape index (κ2) is 16.6. The normalized spacial score (nSPS) is 15.1. The average Bonchev–Trinajstić information content (AvgIpc) is 2.84. The van der Waals surface area contributed by atoms with E-state index in [-0.39, 0.29) is 35.6 Å². The summed E-state index contributed by atoms with van der Waals surface area (Å²) in [5.41, 5.74) is 6.40. The van der Waals surface area contributed by atoms with Gasteiger partial charge in [0.2, 0.25) is 5.91 Å². The Labute approximate surface area is 222 Å². The van der Waals surface area contributed by atoms with Gasteiger partial charge in [0.1, 0.15) is 11.9 Å². The molecule has 212 valence electrons. The molecule has 4 atom stereocenters. The number of methoxy groups -OCH3 is 2. The summed E-state index contributed by atoms with van der Waals surface area (Å²) in [6.45, 7) is 11.5. The van der Waals surface area contributed by atoms with E-state index in [4.69, 9.17) is 19.9 Å². The highest BCUT2D eigenvalue weighted by molar-refractivity contribution is 5.96. The number of unbranched alkanes of at least 4 members (excludes halogenated alkanes) is 1. The molecule has 0 aliphatic rings. The Hall–Kier alpha value is -2.20. The summed E-state index contributed by atoms with van der Waals surface area (Å²) in [5.74, 6) is 0.304. The fourth-order valence-corrected chi connectivity index (χ4v) is 4.03. The second-order valence-corrected chi connectivity index (χ2v) is 11.0. The van der Waals surface area contributed by atoms with Gasteiger partial charge < -0.3 is 35.7 Å². The van der Waals surface area contributed by atoms with Gasteiger partial charge in [0.15, 0.2) is 0 Å². The van der Waals surface area contributed by atoms with Crippen molar-refractivity contribution >= 4 is 11.8 Å². The third-order valence-electron chi connectivity index (χ3n) is 6.41. The fraction of sp³-hybridized carbons (Fsp3) is 0.714. The van der Waals surface area contributed by atoms with Crippen LogP contribution in [0.5, 0.6) is 5.75 Å². The van der Waals surface area contributed by atoms with Gasteiger partial charge in [-0.1, -0.05) is 46.8 Å². The van der Waals surface area contributed by atoms with Gasteiger partial charge in [-0.25, -0.2) is 0 Å². The molecular weight excluding hydrogens is 474 g/mol. The smallest absolute Gasteiger partial charge is 0.255 e.